The van der Waals surface area contributed by atoms with Gasteiger partial charge in [0, 0.05) is 91.3 Å². The maximum atomic E-state index is 12.2. The normalized spacial score (nSPS) is 11.2. The van der Waals surface area contributed by atoms with E-state index in [0.29, 0.717) is 71.6 Å². The predicted molar refractivity (Wildman–Crippen MR) is 128 cm³/mol. The van der Waals surface area contributed by atoms with Crippen molar-refractivity contribution in [3.8, 4) is 0 Å². The van der Waals surface area contributed by atoms with Crippen LogP contribution in [0.1, 0.15) is 26.2 Å². The standard InChI is InChI=1S/C21H46N8O3/c1-4-28(18-17-27(2)3)13-5-21(32)26-12-16-29(14-6-19(30)24-10-8-22)15-7-20(31)25-11-9-23/h4-18,22-23H2,1-3H3,(H,24,30)(H,25,31)(H,26,32). The van der Waals surface area contributed by atoms with E-state index in [1.807, 2.05) is 19.0 Å². The Balaban J connectivity index is 4.39. The molecule has 0 aromatic carbocycles. The average Bonchev–Trinajstić information content (AvgIpc) is 2.77. The molecule has 0 aliphatic heterocycles. The van der Waals surface area contributed by atoms with Gasteiger partial charge in [-0.1, -0.05) is 6.92 Å². The van der Waals surface area contributed by atoms with E-state index in [2.05, 4.69) is 32.7 Å². The smallest absolute Gasteiger partial charge is 0.221 e. The number of nitrogens with two attached hydrogens (primary N) is 2. The van der Waals surface area contributed by atoms with Crippen LogP contribution in [0.4, 0.5) is 0 Å². The summed E-state index contributed by atoms with van der Waals surface area (Å²) in [6, 6.07) is 0. The minimum absolute atomic E-state index is 0.00892. The summed E-state index contributed by atoms with van der Waals surface area (Å²) in [5.74, 6) is -0.140. The van der Waals surface area contributed by atoms with E-state index < -0.39 is 0 Å². The monoisotopic (exact) mass is 458 g/mol. The lowest BCUT2D eigenvalue weighted by molar-refractivity contribution is -0.123. The van der Waals surface area contributed by atoms with E-state index in [1.54, 1.807) is 0 Å². The highest BCUT2D eigenvalue weighted by Crippen LogP contribution is 1.96. The molecule has 0 unspecified atom stereocenters. The Hall–Kier alpha value is -1.79. The largest absolute Gasteiger partial charge is 0.355 e. The quantitative estimate of drug-likeness (QED) is 0.136. The van der Waals surface area contributed by atoms with Gasteiger partial charge in [0.2, 0.25) is 17.7 Å². The van der Waals surface area contributed by atoms with Crippen molar-refractivity contribution in [2.45, 2.75) is 26.2 Å². The number of nitrogens with zero attached hydrogens (tertiary/aromatic N) is 3. The zero-order valence-corrected chi connectivity index (χ0v) is 20.3. The van der Waals surface area contributed by atoms with E-state index in [4.69, 9.17) is 11.5 Å². The molecule has 0 aliphatic carbocycles. The van der Waals surface area contributed by atoms with Crippen molar-refractivity contribution in [1.82, 2.24) is 30.7 Å². The Morgan fingerprint density at radius 1 is 0.625 bits per heavy atom. The molecule has 11 heteroatoms. The highest BCUT2D eigenvalue weighted by molar-refractivity contribution is 5.77. The molecule has 0 saturated heterocycles. The molecule has 0 fully saturated rings. The fraction of sp³-hybridized carbons (Fsp3) is 0.857. The van der Waals surface area contributed by atoms with Crippen LogP contribution in [0.25, 0.3) is 0 Å². The summed E-state index contributed by atoms with van der Waals surface area (Å²) < 4.78 is 0. The second-order valence-electron chi connectivity index (χ2n) is 7.96. The lowest BCUT2D eigenvalue weighted by Crippen LogP contribution is -2.40. The first-order valence-corrected chi connectivity index (χ1v) is 11.6. The molecule has 0 rings (SSSR count). The lowest BCUT2D eigenvalue weighted by atomic mass is 10.3. The maximum absolute atomic E-state index is 12.2. The maximum Gasteiger partial charge on any atom is 0.221 e. The SMILES string of the molecule is CCN(CCC(=O)NCCN(CCC(=O)NCCN)CCC(=O)NCCN)CCN(C)C. The zero-order chi connectivity index (χ0) is 24.2. The highest BCUT2D eigenvalue weighted by Gasteiger charge is 2.12. The summed E-state index contributed by atoms with van der Waals surface area (Å²) in [5.41, 5.74) is 10.8. The fourth-order valence-corrected chi connectivity index (χ4v) is 2.93. The summed E-state index contributed by atoms with van der Waals surface area (Å²) in [6.45, 7) is 9.35. The molecule has 0 radical (unpaired) electrons. The summed E-state index contributed by atoms with van der Waals surface area (Å²) >= 11 is 0. The van der Waals surface area contributed by atoms with Gasteiger partial charge < -0.3 is 42.1 Å². The number of likely N-dealkylation sites (N-methyl/N-ethyl adjacent to an activating group) is 2. The van der Waals surface area contributed by atoms with Crippen molar-refractivity contribution < 1.29 is 14.4 Å². The summed E-state index contributed by atoms with van der Waals surface area (Å²) in [4.78, 5) is 42.4. The van der Waals surface area contributed by atoms with Crippen molar-refractivity contribution in [3.05, 3.63) is 0 Å². The average molecular weight is 459 g/mol. The molecule has 0 saturated carbocycles. The summed E-state index contributed by atoms with van der Waals surface area (Å²) in [6.07, 6.45) is 1.08. The Kier molecular flexibility index (Phi) is 18.8. The fourth-order valence-electron chi connectivity index (χ4n) is 2.93. The van der Waals surface area contributed by atoms with Gasteiger partial charge in [0.1, 0.15) is 0 Å². The molecular weight excluding hydrogens is 412 g/mol. The van der Waals surface area contributed by atoms with Crippen molar-refractivity contribution in [2.75, 3.05) is 92.6 Å². The third-order valence-electron chi connectivity index (χ3n) is 4.96. The van der Waals surface area contributed by atoms with Crippen LogP contribution in [0.15, 0.2) is 0 Å². The van der Waals surface area contributed by atoms with E-state index in [0.717, 1.165) is 26.2 Å². The zero-order valence-electron chi connectivity index (χ0n) is 20.3. The predicted octanol–water partition coefficient (Wildman–Crippen LogP) is -2.39. The topological polar surface area (TPSA) is 149 Å². The van der Waals surface area contributed by atoms with Gasteiger partial charge in [-0.2, -0.15) is 0 Å². The molecule has 0 spiro atoms. The first kappa shape index (κ1) is 30.2. The van der Waals surface area contributed by atoms with Gasteiger partial charge in [-0.15, -0.1) is 0 Å². The van der Waals surface area contributed by atoms with Crippen LogP contribution in [0.5, 0.6) is 0 Å². The molecule has 7 N–H and O–H groups in total. The molecular formula is C21H46N8O3. The first-order valence-electron chi connectivity index (χ1n) is 11.6. The molecule has 0 bridgehead atoms. The Labute approximate surface area is 193 Å². The minimum atomic E-state index is -0.0746. The number of hydrogen-bond acceptors (Lipinski definition) is 8. The molecule has 3 amide bonds. The van der Waals surface area contributed by atoms with Gasteiger partial charge in [-0.05, 0) is 20.6 Å². The second-order valence-corrected chi connectivity index (χ2v) is 7.96. The van der Waals surface area contributed by atoms with Crippen molar-refractivity contribution in [2.24, 2.45) is 11.5 Å². The van der Waals surface area contributed by atoms with Gasteiger partial charge in [0.15, 0.2) is 0 Å². The Morgan fingerprint density at radius 3 is 1.47 bits per heavy atom. The van der Waals surface area contributed by atoms with E-state index in [9.17, 15) is 14.4 Å². The minimum Gasteiger partial charge on any atom is -0.355 e. The van der Waals surface area contributed by atoms with Crippen LogP contribution in [0, 0.1) is 0 Å². The molecule has 0 aliphatic rings. The number of carbonyl (C=O) groups is 3. The van der Waals surface area contributed by atoms with Gasteiger partial charge in [0.25, 0.3) is 0 Å². The molecule has 0 aromatic heterocycles. The third-order valence-corrected chi connectivity index (χ3v) is 4.96. The molecule has 0 atom stereocenters. The molecule has 11 nitrogen and oxygen atoms in total. The van der Waals surface area contributed by atoms with Crippen molar-refractivity contribution in [1.29, 1.82) is 0 Å². The van der Waals surface area contributed by atoms with Crippen LogP contribution < -0.4 is 27.4 Å². The van der Waals surface area contributed by atoms with Gasteiger partial charge >= 0.3 is 0 Å². The van der Waals surface area contributed by atoms with Crippen molar-refractivity contribution in [3.63, 3.8) is 0 Å². The van der Waals surface area contributed by atoms with Gasteiger partial charge in [0.05, 0.1) is 0 Å². The molecule has 32 heavy (non-hydrogen) atoms. The summed E-state index contributed by atoms with van der Waals surface area (Å²) in [5, 5.41) is 8.44. The number of rotatable bonds is 20. The van der Waals surface area contributed by atoms with Crippen molar-refractivity contribution >= 4 is 17.7 Å². The van der Waals surface area contributed by atoms with Crippen LogP contribution in [-0.2, 0) is 14.4 Å². The molecule has 0 aromatic rings. The van der Waals surface area contributed by atoms with Gasteiger partial charge in [-0.25, -0.2) is 0 Å². The van der Waals surface area contributed by atoms with Crippen LogP contribution in [0.3, 0.4) is 0 Å². The molecule has 0 heterocycles. The third kappa shape index (κ3) is 17.8. The number of nitrogens with one attached hydrogen (secondary N) is 3. The first-order chi connectivity index (χ1) is 15.3. The number of hydrogen-bond donors (Lipinski definition) is 5. The Bertz CT molecular complexity index is 495. The van der Waals surface area contributed by atoms with Crippen LogP contribution in [-0.4, -0.2) is 125 Å². The lowest BCUT2D eigenvalue weighted by Gasteiger charge is -2.23. The van der Waals surface area contributed by atoms with E-state index in [-0.39, 0.29) is 17.7 Å². The number of amides is 3. The van der Waals surface area contributed by atoms with Crippen LogP contribution >= 0.6 is 0 Å². The highest BCUT2D eigenvalue weighted by atomic mass is 16.2. The Morgan fingerprint density at radius 2 is 1.06 bits per heavy atom. The molecule has 188 valence electrons. The van der Waals surface area contributed by atoms with Gasteiger partial charge in [-0.3, -0.25) is 14.4 Å². The second kappa shape index (κ2) is 19.9. The van der Waals surface area contributed by atoms with Crippen LogP contribution in [0.2, 0.25) is 0 Å². The van der Waals surface area contributed by atoms with E-state index >= 15 is 0 Å². The van der Waals surface area contributed by atoms with E-state index in [1.165, 1.54) is 0 Å². The number of carbonyl (C=O) groups excluding carboxylic acids is 3. The summed E-state index contributed by atoms with van der Waals surface area (Å²) in [7, 11) is 4.08.